The zero-order valence-corrected chi connectivity index (χ0v) is 44.3. The normalized spacial score (nSPS) is 16.2. The van der Waals surface area contributed by atoms with Crippen LogP contribution in [0.25, 0.3) is 0 Å². The highest BCUT2D eigenvalue weighted by Gasteiger charge is 2.41. The highest BCUT2D eigenvalue weighted by atomic mass is 16.6. The van der Waals surface area contributed by atoms with E-state index < -0.39 is 96.6 Å². The van der Waals surface area contributed by atoms with Crippen LogP contribution in [0.5, 0.6) is 11.5 Å². The molecule has 0 aromatic heterocycles. The third kappa shape index (κ3) is 17.6. The van der Waals surface area contributed by atoms with Gasteiger partial charge in [-0.1, -0.05) is 84.9 Å². The van der Waals surface area contributed by atoms with Gasteiger partial charge in [0.15, 0.2) is 13.5 Å². The Morgan fingerprint density at radius 1 is 0.474 bits per heavy atom. The second kappa shape index (κ2) is 26.1. The largest absolute Gasteiger partial charge is 0.489 e. The van der Waals surface area contributed by atoms with E-state index in [4.69, 9.17) is 28.4 Å². The van der Waals surface area contributed by atoms with Gasteiger partial charge in [-0.15, -0.1) is 0 Å². The molecule has 20 heteroatoms. The average molecular weight is 1050 g/mol. The first-order valence-corrected chi connectivity index (χ1v) is 25.0. The molecule has 0 aliphatic carbocycles. The Labute approximate surface area is 442 Å². The summed E-state index contributed by atoms with van der Waals surface area (Å²) in [6.45, 7) is 11.8. The molecule has 2 aliphatic heterocycles. The Hall–Kier alpha value is -7.84. The summed E-state index contributed by atoms with van der Waals surface area (Å²) in [4.78, 5) is 112. The van der Waals surface area contributed by atoms with Crippen LogP contribution < -0.4 is 20.1 Å². The minimum atomic E-state index is -1.25. The Morgan fingerprint density at radius 3 is 1.09 bits per heavy atom. The molecule has 2 N–H and O–H groups in total. The number of imide groups is 2. The first-order chi connectivity index (χ1) is 36.0. The monoisotopic (exact) mass is 1050 g/mol. The molecule has 2 heterocycles. The Kier molecular flexibility index (Phi) is 19.7. The number of alkyl carbamates (subject to hydrolysis) is 2. The molecule has 4 aromatic carbocycles. The highest BCUT2D eigenvalue weighted by Crippen LogP contribution is 2.21. The number of amides is 6. The molecule has 0 spiro atoms. The number of rotatable bonds is 21. The van der Waals surface area contributed by atoms with Crippen LogP contribution in [0.15, 0.2) is 109 Å². The predicted octanol–water partition coefficient (Wildman–Crippen LogP) is 5.54. The van der Waals surface area contributed by atoms with Crippen molar-refractivity contribution in [1.82, 2.24) is 30.2 Å². The molecule has 6 amide bonds. The van der Waals surface area contributed by atoms with Gasteiger partial charge < -0.3 is 39.1 Å². The lowest BCUT2D eigenvalue weighted by atomic mass is 10.1. The van der Waals surface area contributed by atoms with Gasteiger partial charge in [-0.25, -0.2) is 29.0 Å². The number of benzene rings is 4. The van der Waals surface area contributed by atoms with Crippen molar-refractivity contribution in [2.45, 2.75) is 117 Å². The zero-order valence-electron chi connectivity index (χ0n) is 44.3. The summed E-state index contributed by atoms with van der Waals surface area (Å²) in [6.07, 6.45) is -1.76. The van der Waals surface area contributed by atoms with E-state index in [9.17, 15) is 38.4 Å². The quantitative estimate of drug-likeness (QED) is 0.0593. The molecule has 2 fully saturated rings. The van der Waals surface area contributed by atoms with E-state index in [0.29, 0.717) is 35.8 Å². The Morgan fingerprint density at radius 2 is 0.789 bits per heavy atom. The van der Waals surface area contributed by atoms with Crippen LogP contribution >= 0.6 is 0 Å². The van der Waals surface area contributed by atoms with Crippen LogP contribution in [0, 0.1) is 0 Å². The molecule has 20 nitrogen and oxygen atoms in total. The van der Waals surface area contributed by atoms with Crippen molar-refractivity contribution in [1.29, 1.82) is 0 Å². The molecule has 2 aliphatic rings. The molecule has 2 saturated heterocycles. The highest BCUT2D eigenvalue weighted by molar-refractivity contribution is 6.00. The Bertz CT molecular complexity index is 2440. The van der Waals surface area contributed by atoms with Gasteiger partial charge in [0.25, 0.3) is 0 Å². The van der Waals surface area contributed by atoms with Gasteiger partial charge in [0.1, 0.15) is 48.0 Å². The summed E-state index contributed by atoms with van der Waals surface area (Å²) >= 11 is 0. The number of piperazine rings is 2. The third-order valence-electron chi connectivity index (χ3n) is 12.3. The van der Waals surface area contributed by atoms with Gasteiger partial charge >= 0.3 is 24.1 Å². The van der Waals surface area contributed by atoms with Crippen molar-refractivity contribution < 1.29 is 66.8 Å². The molecular weight excluding hydrogens is 981 g/mol. The van der Waals surface area contributed by atoms with E-state index in [1.807, 2.05) is 60.7 Å². The van der Waals surface area contributed by atoms with E-state index in [0.717, 1.165) is 20.9 Å². The fourth-order valence-electron chi connectivity index (χ4n) is 8.04. The van der Waals surface area contributed by atoms with Gasteiger partial charge in [-0.2, -0.15) is 0 Å². The molecule has 4 atom stereocenters. The van der Waals surface area contributed by atoms with Crippen LogP contribution in [0.1, 0.15) is 77.6 Å². The smallest absolute Gasteiger partial charge is 0.408 e. The first-order valence-electron chi connectivity index (χ1n) is 25.0. The van der Waals surface area contributed by atoms with Gasteiger partial charge in [0, 0.05) is 24.9 Å². The van der Waals surface area contributed by atoms with Crippen LogP contribution in [0.4, 0.5) is 9.59 Å². The van der Waals surface area contributed by atoms with Crippen molar-refractivity contribution in [2.24, 2.45) is 0 Å². The minimum absolute atomic E-state index is 0.0107. The van der Waals surface area contributed by atoms with Gasteiger partial charge in [-0.3, -0.25) is 29.0 Å². The molecule has 0 bridgehead atoms. The number of ether oxygens (including phenoxy) is 6. The topological polar surface area (TPSA) is 229 Å². The Balaban J connectivity index is 0.995. The lowest BCUT2D eigenvalue weighted by Gasteiger charge is -2.43. The number of hydrogen-bond acceptors (Lipinski definition) is 16. The number of nitrogens with one attached hydrogen (secondary N) is 2. The van der Waals surface area contributed by atoms with Crippen molar-refractivity contribution >= 4 is 47.8 Å². The summed E-state index contributed by atoms with van der Waals surface area (Å²) in [7, 11) is 0. The van der Waals surface area contributed by atoms with E-state index >= 15 is 0 Å². The van der Waals surface area contributed by atoms with E-state index in [1.54, 1.807) is 114 Å². The lowest BCUT2D eigenvalue weighted by molar-refractivity contribution is -0.169. The standard InChI is InChI=1S/C56H68N6O14/c1-37(59-29-47(63)61(48(64)30-59)35-73-51(67)45(57-53(69)75-55(3,4)5)27-39-19-23-43(24-20-39)71-33-41-15-11-9-12-16-41)38(2)60-31-49(65)62(50(66)32-60)36-74-52(68)46(58-54(70)76-56(6,7)8)28-40-21-25-44(26-22-40)72-34-42-17-13-10-14-18-42/h9-26,37-38,45-46H,27-36H2,1-8H3,(H,57,69)(H,58,70). The minimum Gasteiger partial charge on any atom is -0.489 e. The van der Waals surface area contributed by atoms with Crippen LogP contribution in [0.2, 0.25) is 0 Å². The molecular formula is C56H68N6O14. The fraction of sp³-hybridized carbons (Fsp3) is 0.429. The molecule has 0 saturated carbocycles. The van der Waals surface area contributed by atoms with E-state index in [-0.39, 0.29) is 39.0 Å². The molecule has 4 aromatic rings. The summed E-state index contributed by atoms with van der Waals surface area (Å²) in [6, 6.07) is 29.6. The number of hydrogen-bond donors (Lipinski definition) is 2. The van der Waals surface area contributed by atoms with Crippen LogP contribution in [-0.4, -0.2) is 142 Å². The van der Waals surface area contributed by atoms with E-state index in [2.05, 4.69) is 10.6 Å². The summed E-state index contributed by atoms with van der Waals surface area (Å²) in [5, 5.41) is 5.10. The third-order valence-corrected chi connectivity index (χ3v) is 12.3. The lowest BCUT2D eigenvalue weighted by Crippen LogP contribution is -2.63. The maximum absolute atomic E-state index is 13.6. The second-order valence-corrected chi connectivity index (χ2v) is 20.5. The van der Waals surface area contributed by atoms with E-state index in [1.165, 1.54) is 0 Å². The number of carbonyl (C=O) groups is 8. The maximum Gasteiger partial charge on any atom is 0.408 e. The SMILES string of the molecule is CC(C(C)N1CC(=O)N(COC(=O)C(Cc2ccc(OCc3ccccc3)cc2)NC(=O)OC(C)(C)C)C(=O)C1)N1CC(=O)N(COC(=O)C(Cc2ccc(OCc3ccccc3)cc2)NC(=O)OC(C)(C)C)C(=O)C1. The summed E-state index contributed by atoms with van der Waals surface area (Å²) < 4.78 is 33.5. The summed E-state index contributed by atoms with van der Waals surface area (Å²) in [5.41, 5.74) is 1.54. The van der Waals surface area contributed by atoms with Crippen molar-refractivity contribution in [3.8, 4) is 11.5 Å². The summed E-state index contributed by atoms with van der Waals surface area (Å²) in [5.74, 6) is -3.27. The molecule has 0 radical (unpaired) electrons. The maximum atomic E-state index is 13.6. The van der Waals surface area contributed by atoms with Crippen molar-refractivity contribution in [3.05, 3.63) is 131 Å². The molecule has 76 heavy (non-hydrogen) atoms. The molecule has 6 rings (SSSR count). The van der Waals surface area contributed by atoms with Crippen molar-refractivity contribution in [3.63, 3.8) is 0 Å². The number of nitrogens with zero attached hydrogens (tertiary/aromatic N) is 4. The average Bonchev–Trinajstić information content (AvgIpc) is 3.36. The zero-order chi connectivity index (χ0) is 55.2. The number of esters is 2. The number of carbonyl (C=O) groups excluding carboxylic acids is 8. The van der Waals surface area contributed by atoms with Crippen molar-refractivity contribution in [2.75, 3.05) is 39.6 Å². The molecule has 4 unspecified atom stereocenters. The molecule has 406 valence electrons. The first kappa shape index (κ1) is 57.4. The predicted molar refractivity (Wildman–Crippen MR) is 276 cm³/mol. The van der Waals surface area contributed by atoms with Crippen LogP contribution in [-0.2, 0) is 73.8 Å². The van der Waals surface area contributed by atoms with Gasteiger partial charge in [0.2, 0.25) is 23.6 Å². The van der Waals surface area contributed by atoms with Gasteiger partial charge in [0.05, 0.1) is 26.2 Å². The van der Waals surface area contributed by atoms with Gasteiger partial charge in [-0.05, 0) is 102 Å². The second-order valence-electron chi connectivity index (χ2n) is 20.5. The van der Waals surface area contributed by atoms with Crippen LogP contribution in [0.3, 0.4) is 0 Å². The fourth-order valence-corrected chi connectivity index (χ4v) is 8.04.